The van der Waals surface area contributed by atoms with E-state index in [2.05, 4.69) is 39.5 Å². The fraction of sp³-hybridized carbons (Fsp3) is 0.650. The fourth-order valence-corrected chi connectivity index (χ4v) is 4.19. The number of anilines is 1. The number of benzene rings is 1. The second-order valence-electron chi connectivity index (χ2n) is 7.37. The van der Waals surface area contributed by atoms with E-state index in [-0.39, 0.29) is 6.03 Å². The lowest BCUT2D eigenvalue weighted by Gasteiger charge is -2.42. The van der Waals surface area contributed by atoms with E-state index < -0.39 is 0 Å². The molecule has 1 atom stereocenters. The van der Waals surface area contributed by atoms with Gasteiger partial charge in [0.2, 0.25) is 0 Å². The van der Waals surface area contributed by atoms with Crippen molar-refractivity contribution in [3.8, 4) is 0 Å². The van der Waals surface area contributed by atoms with E-state index in [9.17, 15) is 4.79 Å². The van der Waals surface area contributed by atoms with Gasteiger partial charge in [-0.25, -0.2) is 4.79 Å². The van der Waals surface area contributed by atoms with Gasteiger partial charge in [-0.15, -0.1) is 0 Å². The first kappa shape index (κ1) is 18.2. The zero-order valence-electron chi connectivity index (χ0n) is 15.6. The molecule has 1 saturated carbocycles. The Kier molecular flexibility index (Phi) is 6.32. The smallest absolute Gasteiger partial charge is 0.318 e. The molecule has 138 valence electrons. The average molecular weight is 345 g/mol. The Morgan fingerprint density at radius 2 is 1.68 bits per heavy atom. The lowest BCUT2D eigenvalue weighted by atomic mass is 9.93. The molecule has 1 unspecified atom stereocenters. The highest BCUT2D eigenvalue weighted by Gasteiger charge is 2.27. The van der Waals surface area contributed by atoms with Crippen LogP contribution >= 0.6 is 0 Å². The standard InChI is InChI=1S/C20H32N4O/c1-16(17-8-10-18(11-9-17)22-20(25)21-2)23-12-14-24(15-13-23)19-6-4-3-5-7-19/h8-11,16,19H,3-7,12-15H2,1-2H3,(H2,21,22,25). The van der Waals surface area contributed by atoms with Gasteiger partial charge < -0.3 is 10.6 Å². The second-order valence-corrected chi connectivity index (χ2v) is 7.37. The van der Waals surface area contributed by atoms with E-state index >= 15 is 0 Å². The molecule has 1 aliphatic carbocycles. The normalized spacial score (nSPS) is 21.7. The first-order chi connectivity index (χ1) is 12.2. The van der Waals surface area contributed by atoms with Crippen molar-refractivity contribution in [3.63, 3.8) is 0 Å². The van der Waals surface area contributed by atoms with Crippen LogP contribution in [0.2, 0.25) is 0 Å². The largest absolute Gasteiger partial charge is 0.341 e. The maximum absolute atomic E-state index is 11.4. The molecule has 2 aliphatic rings. The van der Waals surface area contributed by atoms with Gasteiger partial charge in [0.25, 0.3) is 0 Å². The first-order valence-corrected chi connectivity index (χ1v) is 9.74. The van der Waals surface area contributed by atoms with E-state index in [1.165, 1.54) is 50.8 Å². The molecule has 2 N–H and O–H groups in total. The van der Waals surface area contributed by atoms with Crippen LogP contribution < -0.4 is 10.6 Å². The minimum absolute atomic E-state index is 0.181. The summed E-state index contributed by atoms with van der Waals surface area (Å²) in [7, 11) is 1.62. The lowest BCUT2D eigenvalue weighted by molar-refractivity contribution is 0.0603. The number of piperazine rings is 1. The predicted molar refractivity (Wildman–Crippen MR) is 103 cm³/mol. The van der Waals surface area contributed by atoms with Crippen LogP contribution in [0.3, 0.4) is 0 Å². The van der Waals surface area contributed by atoms with Gasteiger partial charge in [-0.3, -0.25) is 9.80 Å². The van der Waals surface area contributed by atoms with E-state index in [0.29, 0.717) is 6.04 Å². The Labute approximate surface area is 151 Å². The molecular formula is C20H32N4O. The van der Waals surface area contributed by atoms with Crippen LogP contribution in [-0.2, 0) is 0 Å². The molecule has 1 aromatic carbocycles. The molecular weight excluding hydrogens is 312 g/mol. The SMILES string of the molecule is CNC(=O)Nc1ccc(C(C)N2CCN(C3CCCCC3)CC2)cc1. The van der Waals surface area contributed by atoms with Gasteiger partial charge in [-0.2, -0.15) is 0 Å². The van der Waals surface area contributed by atoms with Crippen molar-refractivity contribution in [1.29, 1.82) is 0 Å². The zero-order chi connectivity index (χ0) is 17.6. The number of carbonyl (C=O) groups is 1. The molecule has 0 spiro atoms. The number of rotatable bonds is 4. The van der Waals surface area contributed by atoms with Crippen LogP contribution in [0.15, 0.2) is 24.3 Å². The summed E-state index contributed by atoms with van der Waals surface area (Å²) < 4.78 is 0. The van der Waals surface area contributed by atoms with E-state index in [1.807, 2.05) is 12.1 Å². The molecule has 5 heteroatoms. The molecule has 0 aromatic heterocycles. The summed E-state index contributed by atoms with van der Waals surface area (Å²) in [5.41, 5.74) is 2.14. The first-order valence-electron chi connectivity index (χ1n) is 9.74. The van der Waals surface area contributed by atoms with Gasteiger partial charge in [0, 0.05) is 51.0 Å². The third-order valence-corrected chi connectivity index (χ3v) is 5.87. The monoisotopic (exact) mass is 344 g/mol. The van der Waals surface area contributed by atoms with Crippen molar-refractivity contribution in [2.24, 2.45) is 0 Å². The molecule has 3 rings (SSSR count). The van der Waals surface area contributed by atoms with Gasteiger partial charge in [0.05, 0.1) is 0 Å². The number of hydrogen-bond acceptors (Lipinski definition) is 3. The highest BCUT2D eigenvalue weighted by molar-refractivity contribution is 5.88. The Bertz CT molecular complexity index is 545. The zero-order valence-corrected chi connectivity index (χ0v) is 15.6. The molecule has 1 aliphatic heterocycles. The number of nitrogens with zero attached hydrogens (tertiary/aromatic N) is 2. The number of amides is 2. The minimum Gasteiger partial charge on any atom is -0.341 e. The maximum atomic E-state index is 11.4. The van der Waals surface area contributed by atoms with Crippen LogP contribution in [-0.4, -0.2) is 55.1 Å². The van der Waals surface area contributed by atoms with Gasteiger partial charge in [0.15, 0.2) is 0 Å². The Balaban J connectivity index is 1.51. The molecule has 0 radical (unpaired) electrons. The van der Waals surface area contributed by atoms with Gasteiger partial charge >= 0.3 is 6.03 Å². The van der Waals surface area contributed by atoms with E-state index in [1.54, 1.807) is 7.05 Å². The highest BCUT2D eigenvalue weighted by Crippen LogP contribution is 2.27. The number of hydrogen-bond donors (Lipinski definition) is 2. The van der Waals surface area contributed by atoms with Crippen molar-refractivity contribution in [2.75, 3.05) is 38.5 Å². The third kappa shape index (κ3) is 4.73. The van der Waals surface area contributed by atoms with E-state index in [4.69, 9.17) is 0 Å². The van der Waals surface area contributed by atoms with Crippen molar-refractivity contribution >= 4 is 11.7 Å². The van der Waals surface area contributed by atoms with Crippen molar-refractivity contribution in [2.45, 2.75) is 51.1 Å². The van der Waals surface area contributed by atoms with E-state index in [0.717, 1.165) is 24.8 Å². The highest BCUT2D eigenvalue weighted by atomic mass is 16.2. The van der Waals surface area contributed by atoms with Crippen LogP contribution in [0.25, 0.3) is 0 Å². The van der Waals surface area contributed by atoms with Crippen LogP contribution in [0.1, 0.15) is 50.6 Å². The molecule has 25 heavy (non-hydrogen) atoms. The van der Waals surface area contributed by atoms with Crippen LogP contribution in [0.5, 0.6) is 0 Å². The molecule has 2 fully saturated rings. The third-order valence-electron chi connectivity index (χ3n) is 5.87. The summed E-state index contributed by atoms with van der Waals surface area (Å²) in [6.45, 7) is 6.99. The molecule has 5 nitrogen and oxygen atoms in total. The van der Waals surface area contributed by atoms with Crippen LogP contribution in [0.4, 0.5) is 10.5 Å². The van der Waals surface area contributed by atoms with Crippen LogP contribution in [0, 0.1) is 0 Å². The summed E-state index contributed by atoms with van der Waals surface area (Å²) in [5.74, 6) is 0. The number of nitrogens with one attached hydrogen (secondary N) is 2. The Hall–Kier alpha value is -1.59. The summed E-state index contributed by atoms with van der Waals surface area (Å²) >= 11 is 0. The fourth-order valence-electron chi connectivity index (χ4n) is 4.19. The molecule has 0 bridgehead atoms. The van der Waals surface area contributed by atoms with Crippen molar-refractivity contribution in [3.05, 3.63) is 29.8 Å². The van der Waals surface area contributed by atoms with Gasteiger partial charge in [0.1, 0.15) is 0 Å². The predicted octanol–water partition coefficient (Wildman–Crippen LogP) is 3.45. The Morgan fingerprint density at radius 1 is 1.04 bits per heavy atom. The van der Waals surface area contributed by atoms with Gasteiger partial charge in [-0.05, 0) is 37.5 Å². The number of carbonyl (C=O) groups excluding carboxylic acids is 1. The summed E-state index contributed by atoms with van der Waals surface area (Å²) in [5, 5.41) is 5.38. The minimum atomic E-state index is -0.181. The summed E-state index contributed by atoms with van der Waals surface area (Å²) in [6.07, 6.45) is 7.05. The molecule has 2 amide bonds. The number of urea groups is 1. The van der Waals surface area contributed by atoms with Crippen molar-refractivity contribution in [1.82, 2.24) is 15.1 Å². The maximum Gasteiger partial charge on any atom is 0.318 e. The molecule has 1 saturated heterocycles. The molecule has 1 aromatic rings. The van der Waals surface area contributed by atoms with Crippen molar-refractivity contribution < 1.29 is 4.79 Å². The van der Waals surface area contributed by atoms with Gasteiger partial charge in [-0.1, -0.05) is 31.4 Å². The quantitative estimate of drug-likeness (QED) is 0.879. The average Bonchev–Trinajstić information content (AvgIpc) is 2.69. The lowest BCUT2D eigenvalue weighted by Crippen LogP contribution is -2.51. The topological polar surface area (TPSA) is 47.6 Å². The molecule has 1 heterocycles. The summed E-state index contributed by atoms with van der Waals surface area (Å²) in [4.78, 5) is 16.7. The second kappa shape index (κ2) is 8.68. The summed E-state index contributed by atoms with van der Waals surface area (Å²) in [6, 6.07) is 9.30. The Morgan fingerprint density at radius 3 is 2.28 bits per heavy atom.